The molecule has 0 bridgehead atoms. The number of hydrogen-bond acceptors (Lipinski definition) is 4. The Bertz CT molecular complexity index is 276. The molecule has 0 aromatic heterocycles. The minimum Gasteiger partial charge on any atom is -0.366 e. The molecule has 2 aliphatic rings. The van der Waals surface area contributed by atoms with Crippen molar-refractivity contribution in [3.63, 3.8) is 0 Å². The number of rotatable bonds is 2. The number of hydrogen-bond donors (Lipinski definition) is 1. The van der Waals surface area contributed by atoms with Crippen molar-refractivity contribution in [3.8, 4) is 0 Å². The lowest BCUT2D eigenvalue weighted by molar-refractivity contribution is -0.242. The number of aliphatic hydroxyl groups is 1. The summed E-state index contributed by atoms with van der Waals surface area (Å²) in [4.78, 5) is 0. The molecule has 0 amide bonds. The van der Waals surface area contributed by atoms with Crippen molar-refractivity contribution in [3.05, 3.63) is 12.7 Å². The minimum absolute atomic E-state index is 0.0498. The molecule has 4 heteroatoms. The van der Waals surface area contributed by atoms with Gasteiger partial charge in [0.15, 0.2) is 12.1 Å². The van der Waals surface area contributed by atoms with Crippen molar-refractivity contribution in [1.82, 2.24) is 0 Å². The van der Waals surface area contributed by atoms with Crippen molar-refractivity contribution < 1.29 is 19.3 Å². The van der Waals surface area contributed by atoms with Crippen LogP contribution in [0.25, 0.3) is 0 Å². The Morgan fingerprint density at radius 1 is 1.31 bits per heavy atom. The van der Waals surface area contributed by atoms with Crippen LogP contribution in [0.1, 0.15) is 27.2 Å². The zero-order valence-corrected chi connectivity index (χ0v) is 10.1. The Balaban J connectivity index is 2.14. The lowest BCUT2D eigenvalue weighted by atomic mass is 9.89. The number of fused-ring (bicyclic) bond motifs is 1. The van der Waals surface area contributed by atoms with Gasteiger partial charge in [-0.05, 0) is 20.3 Å². The monoisotopic (exact) mass is 228 g/mol. The van der Waals surface area contributed by atoms with Gasteiger partial charge in [-0.15, -0.1) is 6.58 Å². The molecule has 2 saturated heterocycles. The Morgan fingerprint density at radius 2 is 1.94 bits per heavy atom. The Labute approximate surface area is 96.2 Å². The van der Waals surface area contributed by atoms with Crippen LogP contribution in [-0.2, 0) is 14.2 Å². The molecule has 1 N–H and O–H groups in total. The van der Waals surface area contributed by atoms with Crippen molar-refractivity contribution >= 4 is 0 Å². The second-order valence-corrected chi connectivity index (χ2v) is 5.01. The maximum atomic E-state index is 9.86. The molecule has 0 aromatic carbocycles. The predicted molar refractivity (Wildman–Crippen MR) is 58.7 cm³/mol. The summed E-state index contributed by atoms with van der Waals surface area (Å²) in [6, 6.07) is 0. The summed E-state index contributed by atoms with van der Waals surface area (Å²) < 4.78 is 17.0. The van der Waals surface area contributed by atoms with Gasteiger partial charge in [0.2, 0.25) is 0 Å². The summed E-state index contributed by atoms with van der Waals surface area (Å²) in [5.74, 6) is -0.454. The summed E-state index contributed by atoms with van der Waals surface area (Å²) in [6.45, 7) is 9.46. The van der Waals surface area contributed by atoms with Crippen molar-refractivity contribution in [2.45, 2.75) is 57.6 Å². The molecule has 4 nitrogen and oxygen atoms in total. The SMILES string of the molecule is C=CC[C@H]1OC(O)[C@@H]2OC(C)(C)O[C@@H]2[C@H]1C. The van der Waals surface area contributed by atoms with E-state index in [2.05, 4.69) is 13.5 Å². The Hall–Kier alpha value is -0.420. The van der Waals surface area contributed by atoms with Gasteiger partial charge in [0.1, 0.15) is 6.10 Å². The molecule has 2 rings (SSSR count). The van der Waals surface area contributed by atoms with Crippen molar-refractivity contribution in [2.75, 3.05) is 0 Å². The van der Waals surface area contributed by atoms with Crippen LogP contribution in [0.5, 0.6) is 0 Å². The van der Waals surface area contributed by atoms with Crippen LogP contribution in [0.15, 0.2) is 12.7 Å². The van der Waals surface area contributed by atoms with Crippen LogP contribution in [0.4, 0.5) is 0 Å². The van der Waals surface area contributed by atoms with E-state index in [0.29, 0.717) is 6.42 Å². The first kappa shape index (κ1) is 12.0. The van der Waals surface area contributed by atoms with Gasteiger partial charge in [0, 0.05) is 5.92 Å². The van der Waals surface area contributed by atoms with Gasteiger partial charge in [0.25, 0.3) is 0 Å². The molecule has 0 radical (unpaired) electrons. The van der Waals surface area contributed by atoms with Crippen LogP contribution in [0.2, 0.25) is 0 Å². The highest BCUT2D eigenvalue weighted by Gasteiger charge is 2.52. The molecule has 1 unspecified atom stereocenters. The average Bonchev–Trinajstić information content (AvgIpc) is 2.51. The Kier molecular flexibility index (Phi) is 3.09. The first-order valence-corrected chi connectivity index (χ1v) is 5.74. The van der Waals surface area contributed by atoms with E-state index in [0.717, 1.165) is 0 Å². The second kappa shape index (κ2) is 4.11. The zero-order chi connectivity index (χ0) is 11.9. The highest BCUT2D eigenvalue weighted by Crippen LogP contribution is 2.40. The molecule has 0 spiro atoms. The first-order valence-electron chi connectivity index (χ1n) is 5.74. The predicted octanol–water partition coefficient (Wildman–Crippen LogP) is 1.44. The van der Waals surface area contributed by atoms with Crippen LogP contribution in [0.3, 0.4) is 0 Å². The summed E-state index contributed by atoms with van der Waals surface area (Å²) in [6.07, 6.45) is 1.06. The van der Waals surface area contributed by atoms with E-state index in [1.165, 1.54) is 0 Å². The van der Waals surface area contributed by atoms with E-state index < -0.39 is 12.1 Å². The fourth-order valence-electron chi connectivity index (χ4n) is 2.47. The molecule has 2 heterocycles. The second-order valence-electron chi connectivity index (χ2n) is 5.01. The summed E-state index contributed by atoms with van der Waals surface area (Å²) >= 11 is 0. The molecule has 0 aliphatic carbocycles. The van der Waals surface area contributed by atoms with E-state index in [1.807, 2.05) is 13.8 Å². The van der Waals surface area contributed by atoms with Gasteiger partial charge >= 0.3 is 0 Å². The third-order valence-electron chi connectivity index (χ3n) is 3.26. The highest BCUT2D eigenvalue weighted by molar-refractivity contribution is 4.95. The normalized spacial score (nSPS) is 46.4. The summed E-state index contributed by atoms with van der Waals surface area (Å²) in [7, 11) is 0. The lowest BCUT2D eigenvalue weighted by Crippen LogP contribution is -2.51. The molecular weight excluding hydrogens is 208 g/mol. The molecule has 5 atom stereocenters. The summed E-state index contributed by atoms with van der Waals surface area (Å²) in [5.41, 5.74) is 0. The molecule has 16 heavy (non-hydrogen) atoms. The standard InChI is InChI=1S/C12H20O4/c1-5-6-8-7(2)9-10(11(13)14-8)16-12(3,4)15-9/h5,7-11,13H,1,6H2,2-4H3/t7-,8+,9+,10+,11?/m0/s1. The van der Waals surface area contributed by atoms with E-state index in [9.17, 15) is 5.11 Å². The van der Waals surface area contributed by atoms with Gasteiger partial charge in [-0.2, -0.15) is 0 Å². The van der Waals surface area contributed by atoms with Crippen LogP contribution >= 0.6 is 0 Å². The fraction of sp³-hybridized carbons (Fsp3) is 0.833. The minimum atomic E-state index is -0.909. The smallest absolute Gasteiger partial charge is 0.184 e. The number of aliphatic hydroxyl groups excluding tert-OH is 1. The van der Waals surface area contributed by atoms with Gasteiger partial charge < -0.3 is 19.3 Å². The van der Waals surface area contributed by atoms with Gasteiger partial charge in [0.05, 0.1) is 12.2 Å². The first-order chi connectivity index (χ1) is 7.44. The van der Waals surface area contributed by atoms with Crippen molar-refractivity contribution in [1.29, 1.82) is 0 Å². The number of ether oxygens (including phenoxy) is 3. The average molecular weight is 228 g/mol. The molecular formula is C12H20O4. The largest absolute Gasteiger partial charge is 0.366 e. The molecule has 92 valence electrons. The van der Waals surface area contributed by atoms with Crippen molar-refractivity contribution in [2.24, 2.45) is 5.92 Å². The maximum Gasteiger partial charge on any atom is 0.184 e. The quantitative estimate of drug-likeness (QED) is 0.726. The van der Waals surface area contributed by atoms with E-state index in [-0.39, 0.29) is 24.2 Å². The van der Waals surface area contributed by atoms with Gasteiger partial charge in [-0.1, -0.05) is 13.0 Å². The molecule has 0 saturated carbocycles. The van der Waals surface area contributed by atoms with Gasteiger partial charge in [-0.3, -0.25) is 0 Å². The third-order valence-corrected chi connectivity index (χ3v) is 3.26. The van der Waals surface area contributed by atoms with Crippen LogP contribution in [0, 0.1) is 5.92 Å². The van der Waals surface area contributed by atoms with Gasteiger partial charge in [-0.25, -0.2) is 0 Å². The zero-order valence-electron chi connectivity index (χ0n) is 10.1. The Morgan fingerprint density at radius 3 is 2.56 bits per heavy atom. The van der Waals surface area contributed by atoms with Crippen LogP contribution in [-0.4, -0.2) is 35.5 Å². The molecule has 0 aromatic rings. The fourth-order valence-corrected chi connectivity index (χ4v) is 2.47. The van der Waals surface area contributed by atoms with E-state index in [1.54, 1.807) is 6.08 Å². The topological polar surface area (TPSA) is 47.9 Å². The highest BCUT2D eigenvalue weighted by atomic mass is 16.8. The summed E-state index contributed by atoms with van der Waals surface area (Å²) in [5, 5.41) is 9.86. The van der Waals surface area contributed by atoms with E-state index in [4.69, 9.17) is 14.2 Å². The van der Waals surface area contributed by atoms with Crippen LogP contribution < -0.4 is 0 Å². The molecule has 2 aliphatic heterocycles. The maximum absolute atomic E-state index is 9.86. The molecule has 2 fully saturated rings. The van der Waals surface area contributed by atoms with E-state index >= 15 is 0 Å². The third kappa shape index (κ3) is 2.02. The lowest BCUT2D eigenvalue weighted by Gasteiger charge is -2.38.